The summed E-state index contributed by atoms with van der Waals surface area (Å²) in [6.07, 6.45) is 0. The summed E-state index contributed by atoms with van der Waals surface area (Å²) in [5.41, 5.74) is 6.85. The SMILES string of the molecule is c1ccc(-c2nc(-n3c4cccc5c6ccccc6c6cc7ccccc7c7oc8ccc3c(c8c67)c54)nc3ccccc23)cc1. The number of fused-ring (bicyclic) bond motifs is 6. The topological polar surface area (TPSA) is 43.9 Å². The van der Waals surface area contributed by atoms with Crippen LogP contribution in [0.5, 0.6) is 0 Å². The number of benzene rings is 7. The van der Waals surface area contributed by atoms with Gasteiger partial charge in [-0.3, -0.25) is 4.57 Å². The van der Waals surface area contributed by atoms with Crippen molar-refractivity contribution in [1.82, 2.24) is 14.5 Å². The van der Waals surface area contributed by atoms with Gasteiger partial charge in [-0.05, 0) is 57.3 Å². The molecule has 0 saturated heterocycles. The lowest BCUT2D eigenvalue weighted by molar-refractivity contribution is 0.673. The molecule has 11 rings (SSSR count). The van der Waals surface area contributed by atoms with E-state index in [9.17, 15) is 0 Å². The van der Waals surface area contributed by atoms with Crippen molar-refractivity contribution in [2.45, 2.75) is 0 Å². The largest absolute Gasteiger partial charge is 0.455 e. The Kier molecular flexibility index (Phi) is 4.55. The highest BCUT2D eigenvalue weighted by molar-refractivity contribution is 6.40. The van der Waals surface area contributed by atoms with E-state index < -0.39 is 0 Å². The van der Waals surface area contributed by atoms with Crippen molar-refractivity contribution >= 4 is 87.0 Å². The smallest absolute Gasteiger partial charge is 0.235 e. The summed E-state index contributed by atoms with van der Waals surface area (Å²) in [5, 5.41) is 12.8. The van der Waals surface area contributed by atoms with Crippen molar-refractivity contribution in [1.29, 1.82) is 0 Å². The van der Waals surface area contributed by atoms with E-state index in [1.807, 2.05) is 12.1 Å². The standard InChI is InChI=1S/C42H23N3O/c1-2-11-24(12-3-1)40-30-17-8-9-19-32(30)43-42(44-40)45-33-20-10-18-29-27-15-6-7-16-28(27)31-23-25-13-4-5-14-26(25)41-37(31)39-35(46-41)22-21-34(45)38(39)36(29)33/h1-23H. The van der Waals surface area contributed by atoms with Gasteiger partial charge in [0.15, 0.2) is 0 Å². The fourth-order valence-corrected chi connectivity index (χ4v) is 7.83. The molecule has 0 N–H and O–H groups in total. The molecule has 0 radical (unpaired) electrons. The molecule has 3 heterocycles. The lowest BCUT2D eigenvalue weighted by atomic mass is 9.93. The predicted octanol–water partition coefficient (Wildman–Crippen LogP) is 11.2. The van der Waals surface area contributed by atoms with Crippen molar-refractivity contribution in [2.24, 2.45) is 0 Å². The van der Waals surface area contributed by atoms with Crippen LogP contribution in [0.15, 0.2) is 144 Å². The van der Waals surface area contributed by atoms with Gasteiger partial charge in [-0.1, -0.05) is 109 Å². The van der Waals surface area contributed by atoms with Gasteiger partial charge in [0, 0.05) is 37.9 Å². The fraction of sp³-hybridized carbons (Fsp3) is 0. The number of furan rings is 1. The second-order valence-electron chi connectivity index (χ2n) is 12.1. The van der Waals surface area contributed by atoms with Gasteiger partial charge in [-0.2, -0.15) is 0 Å². The average Bonchev–Trinajstić information content (AvgIpc) is 3.67. The summed E-state index contributed by atoms with van der Waals surface area (Å²) in [5.74, 6) is 0.653. The van der Waals surface area contributed by atoms with Gasteiger partial charge in [-0.15, -0.1) is 0 Å². The van der Waals surface area contributed by atoms with Gasteiger partial charge in [0.2, 0.25) is 5.95 Å². The molecule has 0 fully saturated rings. The van der Waals surface area contributed by atoms with Crippen LogP contribution in [-0.4, -0.2) is 14.5 Å². The van der Waals surface area contributed by atoms with Crippen LogP contribution >= 0.6 is 0 Å². The molecule has 8 aromatic carbocycles. The summed E-state index contributed by atoms with van der Waals surface area (Å²) in [4.78, 5) is 10.5. The van der Waals surface area contributed by atoms with Crippen LogP contribution in [0.1, 0.15) is 0 Å². The first-order valence-electron chi connectivity index (χ1n) is 15.6. The van der Waals surface area contributed by atoms with Gasteiger partial charge in [-0.25, -0.2) is 9.97 Å². The zero-order valence-electron chi connectivity index (χ0n) is 24.5. The fourth-order valence-electron chi connectivity index (χ4n) is 7.83. The van der Waals surface area contributed by atoms with Crippen LogP contribution in [0.4, 0.5) is 0 Å². The second-order valence-corrected chi connectivity index (χ2v) is 12.1. The summed E-state index contributed by atoms with van der Waals surface area (Å²) >= 11 is 0. The maximum absolute atomic E-state index is 6.81. The Bertz CT molecular complexity index is 3020. The summed E-state index contributed by atoms with van der Waals surface area (Å²) in [6.45, 7) is 0. The van der Waals surface area contributed by atoms with Crippen LogP contribution in [0.25, 0.3) is 104 Å². The maximum atomic E-state index is 6.81. The number of para-hydroxylation sites is 1. The Labute approximate surface area is 262 Å². The molecule has 4 heteroatoms. The molecule has 11 aromatic rings. The van der Waals surface area contributed by atoms with Gasteiger partial charge >= 0.3 is 0 Å². The molecule has 0 spiro atoms. The maximum Gasteiger partial charge on any atom is 0.235 e. The minimum absolute atomic E-state index is 0.653. The number of hydrogen-bond donors (Lipinski definition) is 0. The van der Waals surface area contributed by atoms with E-state index in [0.717, 1.165) is 60.5 Å². The Morgan fingerprint density at radius 3 is 2.02 bits per heavy atom. The van der Waals surface area contributed by atoms with Crippen LogP contribution in [0.3, 0.4) is 0 Å². The lowest BCUT2D eigenvalue weighted by Crippen LogP contribution is -2.03. The Hall–Kier alpha value is -6.26. The van der Waals surface area contributed by atoms with Crippen molar-refractivity contribution in [2.75, 3.05) is 0 Å². The number of hydrogen-bond acceptors (Lipinski definition) is 3. The van der Waals surface area contributed by atoms with Crippen LogP contribution in [-0.2, 0) is 0 Å². The summed E-state index contributed by atoms with van der Waals surface area (Å²) in [7, 11) is 0. The minimum Gasteiger partial charge on any atom is -0.455 e. The normalized spacial score (nSPS) is 12.3. The molecular weight excluding hydrogens is 562 g/mol. The summed E-state index contributed by atoms with van der Waals surface area (Å²) in [6, 6.07) is 49.3. The highest BCUT2D eigenvalue weighted by Crippen LogP contribution is 2.48. The number of rotatable bonds is 2. The molecular formula is C42H23N3O. The van der Waals surface area contributed by atoms with Crippen LogP contribution in [0, 0.1) is 0 Å². The molecule has 0 aliphatic carbocycles. The van der Waals surface area contributed by atoms with Crippen molar-refractivity contribution in [3.63, 3.8) is 0 Å². The molecule has 46 heavy (non-hydrogen) atoms. The van der Waals surface area contributed by atoms with Crippen molar-refractivity contribution < 1.29 is 4.42 Å². The number of aromatic nitrogens is 3. The van der Waals surface area contributed by atoms with Gasteiger partial charge < -0.3 is 4.42 Å². The first kappa shape index (κ1) is 24.1. The first-order valence-corrected chi connectivity index (χ1v) is 15.6. The molecule has 0 bridgehead atoms. The van der Waals surface area contributed by atoms with E-state index in [2.05, 4.69) is 132 Å². The molecule has 0 aliphatic rings. The zero-order valence-corrected chi connectivity index (χ0v) is 24.5. The van der Waals surface area contributed by atoms with E-state index in [1.54, 1.807) is 0 Å². The quantitative estimate of drug-likeness (QED) is 0.203. The highest BCUT2D eigenvalue weighted by Gasteiger charge is 2.25. The molecule has 0 atom stereocenters. The van der Waals surface area contributed by atoms with E-state index in [4.69, 9.17) is 14.4 Å². The zero-order chi connectivity index (χ0) is 29.9. The Morgan fingerprint density at radius 2 is 1.15 bits per heavy atom. The molecule has 0 aliphatic heterocycles. The third kappa shape index (κ3) is 3.03. The minimum atomic E-state index is 0.653. The first-order chi connectivity index (χ1) is 22.8. The predicted molar refractivity (Wildman–Crippen MR) is 190 cm³/mol. The number of nitrogens with zero attached hydrogens (tertiary/aromatic N) is 3. The molecule has 0 unspecified atom stereocenters. The van der Waals surface area contributed by atoms with Gasteiger partial charge in [0.1, 0.15) is 11.2 Å². The third-order valence-electron chi connectivity index (χ3n) is 9.73. The average molecular weight is 586 g/mol. The molecule has 3 aromatic heterocycles. The lowest BCUT2D eigenvalue weighted by Gasteiger charge is -2.11. The second kappa shape index (κ2) is 8.68. The van der Waals surface area contributed by atoms with Gasteiger partial charge in [0.25, 0.3) is 0 Å². The Morgan fingerprint density at radius 1 is 0.457 bits per heavy atom. The van der Waals surface area contributed by atoms with E-state index in [-0.39, 0.29) is 0 Å². The van der Waals surface area contributed by atoms with E-state index in [0.29, 0.717) is 5.95 Å². The molecule has 212 valence electrons. The third-order valence-corrected chi connectivity index (χ3v) is 9.73. The summed E-state index contributed by atoms with van der Waals surface area (Å²) < 4.78 is 9.06. The molecule has 4 nitrogen and oxygen atoms in total. The Balaban J connectivity index is 1.41. The van der Waals surface area contributed by atoms with E-state index >= 15 is 0 Å². The van der Waals surface area contributed by atoms with Crippen molar-refractivity contribution in [3.05, 3.63) is 140 Å². The van der Waals surface area contributed by atoms with Crippen LogP contribution < -0.4 is 0 Å². The monoisotopic (exact) mass is 585 g/mol. The van der Waals surface area contributed by atoms with Crippen molar-refractivity contribution in [3.8, 4) is 17.2 Å². The highest BCUT2D eigenvalue weighted by atomic mass is 16.3. The van der Waals surface area contributed by atoms with E-state index in [1.165, 1.54) is 37.7 Å². The molecule has 0 saturated carbocycles. The van der Waals surface area contributed by atoms with Gasteiger partial charge in [0.05, 0.1) is 22.2 Å². The van der Waals surface area contributed by atoms with Crippen LogP contribution in [0.2, 0.25) is 0 Å². The molecule has 0 amide bonds.